The molecule has 10 heteroatoms. The van der Waals surface area contributed by atoms with E-state index in [1.165, 1.54) is 31.2 Å². The van der Waals surface area contributed by atoms with Gasteiger partial charge in [0.1, 0.15) is 5.75 Å². The summed E-state index contributed by atoms with van der Waals surface area (Å²) in [6.45, 7) is 10.0. The minimum atomic E-state index is -4.56. The number of carbonyl (C=O) groups excluding carboxylic acids is 1. The van der Waals surface area contributed by atoms with Crippen LogP contribution in [0.3, 0.4) is 0 Å². The van der Waals surface area contributed by atoms with Gasteiger partial charge in [-0.1, -0.05) is 47.5 Å². The standard InChI is InChI=1S/C19H17ClF3NO2.C9H9ClF2/c1-4-26-18-9-13(12(3)25)5-7-15(18)11(2)24-14-6-8-17(20)16(10-14)19(21,22)23;1-6-3-4-8(10)7(5-6)9(2,11)12/h5-10,24H,2,4H2,1,3H3;3-5H,1-2H3. The number of ketones is 1. The van der Waals surface area contributed by atoms with Crippen molar-refractivity contribution in [1.29, 1.82) is 0 Å². The molecule has 0 heterocycles. The Kier molecular flexibility index (Phi) is 10.3. The zero-order chi connectivity index (χ0) is 28.8. The van der Waals surface area contributed by atoms with Gasteiger partial charge in [0.15, 0.2) is 5.78 Å². The molecule has 3 rings (SSSR count). The summed E-state index contributed by atoms with van der Waals surface area (Å²) in [7, 11) is 0. The Morgan fingerprint density at radius 3 is 2.08 bits per heavy atom. The van der Waals surface area contributed by atoms with Crippen molar-refractivity contribution in [2.75, 3.05) is 11.9 Å². The van der Waals surface area contributed by atoms with Crippen molar-refractivity contribution in [2.45, 2.75) is 39.8 Å². The molecule has 0 aliphatic rings. The average molecular weight is 574 g/mol. The molecule has 0 aliphatic heterocycles. The Morgan fingerprint density at radius 2 is 1.55 bits per heavy atom. The highest BCUT2D eigenvalue weighted by molar-refractivity contribution is 6.31. The Bertz CT molecular complexity index is 1320. The fraction of sp³-hybridized carbons (Fsp3) is 0.250. The summed E-state index contributed by atoms with van der Waals surface area (Å²) in [5.41, 5.74) is 1.27. The molecule has 3 aromatic rings. The number of ether oxygens (including phenoxy) is 1. The largest absolute Gasteiger partial charge is 0.493 e. The van der Waals surface area contributed by atoms with E-state index in [4.69, 9.17) is 27.9 Å². The molecule has 0 spiro atoms. The molecule has 0 atom stereocenters. The van der Waals surface area contributed by atoms with E-state index in [0.29, 0.717) is 29.2 Å². The molecule has 0 aliphatic carbocycles. The predicted molar refractivity (Wildman–Crippen MR) is 142 cm³/mol. The number of Topliss-reactive ketones (excluding diaryl/α,β-unsaturated/α-hetero) is 1. The molecule has 3 aromatic carbocycles. The van der Waals surface area contributed by atoms with Crippen LogP contribution in [0.2, 0.25) is 10.0 Å². The van der Waals surface area contributed by atoms with Crippen LogP contribution in [0.4, 0.5) is 27.6 Å². The number of halogens is 7. The second-order valence-corrected chi connectivity index (χ2v) is 9.18. The van der Waals surface area contributed by atoms with Gasteiger partial charge in [0, 0.05) is 40.0 Å². The summed E-state index contributed by atoms with van der Waals surface area (Å²) in [5, 5.41) is 2.57. The average Bonchev–Trinajstić information content (AvgIpc) is 2.81. The van der Waals surface area contributed by atoms with Crippen molar-refractivity contribution in [1.82, 2.24) is 0 Å². The maximum absolute atomic E-state index is 13.0. The normalized spacial score (nSPS) is 11.3. The van der Waals surface area contributed by atoms with Crippen LogP contribution in [0.5, 0.6) is 5.75 Å². The topological polar surface area (TPSA) is 38.3 Å². The Labute approximate surface area is 228 Å². The molecule has 0 radical (unpaired) electrons. The van der Waals surface area contributed by atoms with E-state index in [0.717, 1.165) is 18.6 Å². The third-order valence-corrected chi connectivity index (χ3v) is 5.83. The van der Waals surface area contributed by atoms with E-state index in [2.05, 4.69) is 11.9 Å². The third kappa shape index (κ3) is 8.46. The minimum absolute atomic E-state index is 0.107. The maximum Gasteiger partial charge on any atom is 0.417 e. The number of rotatable bonds is 7. The molecule has 38 heavy (non-hydrogen) atoms. The van der Waals surface area contributed by atoms with Crippen LogP contribution in [0.1, 0.15) is 53.4 Å². The fourth-order valence-corrected chi connectivity index (χ4v) is 3.81. The van der Waals surface area contributed by atoms with Crippen molar-refractivity contribution in [3.63, 3.8) is 0 Å². The molecule has 0 saturated carbocycles. The van der Waals surface area contributed by atoms with Crippen LogP contribution in [-0.2, 0) is 12.1 Å². The number of nitrogens with one attached hydrogen (secondary N) is 1. The zero-order valence-electron chi connectivity index (χ0n) is 21.1. The van der Waals surface area contributed by atoms with Crippen LogP contribution in [0, 0.1) is 6.92 Å². The van der Waals surface area contributed by atoms with E-state index in [-0.39, 0.29) is 27.1 Å². The van der Waals surface area contributed by atoms with Crippen molar-refractivity contribution in [3.8, 4) is 5.75 Å². The number of carbonyl (C=O) groups is 1. The highest BCUT2D eigenvalue weighted by Crippen LogP contribution is 2.37. The van der Waals surface area contributed by atoms with Crippen LogP contribution in [0.25, 0.3) is 5.70 Å². The number of benzene rings is 3. The van der Waals surface area contributed by atoms with Gasteiger partial charge in [-0.15, -0.1) is 0 Å². The van der Waals surface area contributed by atoms with Crippen LogP contribution in [-0.4, -0.2) is 12.4 Å². The highest BCUT2D eigenvalue weighted by Gasteiger charge is 2.33. The lowest BCUT2D eigenvalue weighted by Crippen LogP contribution is -2.08. The Hall–Kier alpha value is -3.10. The number of hydrogen-bond donors (Lipinski definition) is 1. The minimum Gasteiger partial charge on any atom is -0.493 e. The number of hydrogen-bond acceptors (Lipinski definition) is 3. The van der Waals surface area contributed by atoms with E-state index < -0.39 is 17.7 Å². The van der Waals surface area contributed by atoms with Gasteiger partial charge in [0.05, 0.1) is 17.2 Å². The van der Waals surface area contributed by atoms with Gasteiger partial charge in [0.2, 0.25) is 0 Å². The summed E-state index contributed by atoms with van der Waals surface area (Å²) in [6.07, 6.45) is -4.56. The molecular weight excluding hydrogens is 548 g/mol. The van der Waals surface area contributed by atoms with Crippen LogP contribution >= 0.6 is 23.2 Å². The quantitative estimate of drug-likeness (QED) is 0.226. The number of aryl methyl sites for hydroxylation is 1. The van der Waals surface area contributed by atoms with Crippen LogP contribution in [0.15, 0.2) is 61.2 Å². The first-order valence-electron chi connectivity index (χ1n) is 11.3. The van der Waals surface area contributed by atoms with Crippen molar-refractivity contribution in [3.05, 3.63) is 99.0 Å². The summed E-state index contributed by atoms with van der Waals surface area (Å²) < 4.78 is 70.1. The SMILES string of the molecule is C=C(Nc1ccc(Cl)c(C(F)(F)F)c1)c1ccc(C(C)=O)cc1OCC.Cc1ccc(Cl)c(C(C)(F)F)c1. The van der Waals surface area contributed by atoms with Gasteiger partial charge in [-0.2, -0.15) is 13.2 Å². The lowest BCUT2D eigenvalue weighted by molar-refractivity contribution is -0.137. The second kappa shape index (κ2) is 12.6. The van der Waals surface area contributed by atoms with Gasteiger partial charge in [-0.3, -0.25) is 4.79 Å². The predicted octanol–water partition coefficient (Wildman–Crippen LogP) is 9.80. The smallest absolute Gasteiger partial charge is 0.417 e. The van der Waals surface area contributed by atoms with E-state index in [1.807, 2.05) is 0 Å². The van der Waals surface area contributed by atoms with Gasteiger partial charge < -0.3 is 10.1 Å². The number of alkyl halides is 5. The van der Waals surface area contributed by atoms with E-state index >= 15 is 0 Å². The van der Waals surface area contributed by atoms with Gasteiger partial charge >= 0.3 is 6.18 Å². The Balaban J connectivity index is 0.000000352. The fourth-order valence-electron chi connectivity index (χ4n) is 3.30. The highest BCUT2D eigenvalue weighted by atomic mass is 35.5. The van der Waals surface area contributed by atoms with Crippen molar-refractivity contribution < 1.29 is 31.5 Å². The maximum atomic E-state index is 13.0. The Morgan fingerprint density at radius 1 is 0.947 bits per heavy atom. The second-order valence-electron chi connectivity index (χ2n) is 8.37. The molecule has 0 saturated heterocycles. The van der Waals surface area contributed by atoms with Crippen molar-refractivity contribution >= 4 is 40.4 Å². The van der Waals surface area contributed by atoms with Gasteiger partial charge in [0.25, 0.3) is 5.92 Å². The summed E-state index contributed by atoms with van der Waals surface area (Å²) in [5.74, 6) is -2.56. The first-order valence-corrected chi connectivity index (χ1v) is 12.1. The molecule has 1 N–H and O–H groups in total. The monoisotopic (exact) mass is 573 g/mol. The van der Waals surface area contributed by atoms with E-state index in [9.17, 15) is 26.7 Å². The third-order valence-electron chi connectivity index (χ3n) is 5.17. The summed E-state index contributed by atoms with van der Waals surface area (Å²) in [6, 6.07) is 12.9. The lowest BCUT2D eigenvalue weighted by atomic mass is 10.1. The van der Waals surface area contributed by atoms with E-state index in [1.54, 1.807) is 38.1 Å². The summed E-state index contributed by atoms with van der Waals surface area (Å²) in [4.78, 5) is 11.5. The molecule has 3 nitrogen and oxygen atoms in total. The van der Waals surface area contributed by atoms with Gasteiger partial charge in [-0.05, 0) is 63.2 Å². The first-order chi connectivity index (χ1) is 17.5. The molecule has 0 unspecified atom stereocenters. The molecule has 0 aromatic heterocycles. The summed E-state index contributed by atoms with van der Waals surface area (Å²) >= 11 is 11.2. The van der Waals surface area contributed by atoms with Crippen molar-refractivity contribution in [2.24, 2.45) is 0 Å². The first kappa shape index (κ1) is 31.1. The molecular formula is C28H26Cl2F5NO2. The number of anilines is 1. The van der Waals surface area contributed by atoms with Gasteiger partial charge in [-0.25, -0.2) is 8.78 Å². The lowest BCUT2D eigenvalue weighted by Gasteiger charge is -2.16. The molecule has 204 valence electrons. The molecule has 0 amide bonds. The molecule has 0 fully saturated rings. The zero-order valence-corrected chi connectivity index (χ0v) is 22.6. The van der Waals surface area contributed by atoms with Crippen LogP contribution < -0.4 is 10.1 Å². The molecule has 0 bridgehead atoms.